The summed E-state index contributed by atoms with van der Waals surface area (Å²) in [6.45, 7) is 2.94. The molecule has 0 aliphatic carbocycles. The summed E-state index contributed by atoms with van der Waals surface area (Å²) in [4.78, 5) is 23.8. The lowest BCUT2D eigenvalue weighted by molar-refractivity contribution is -0.123. The number of anilines is 1. The van der Waals surface area contributed by atoms with Crippen molar-refractivity contribution in [3.8, 4) is 0 Å². The molecule has 0 aromatic heterocycles. The molecule has 1 atom stereocenters. The van der Waals surface area contributed by atoms with Crippen molar-refractivity contribution in [2.75, 3.05) is 5.32 Å². The molecular weight excluding hydrogens is 304 g/mol. The number of amides is 1. The maximum Gasteiger partial charge on any atom is 0.341 e. The van der Waals surface area contributed by atoms with Gasteiger partial charge < -0.3 is 10.1 Å². The maximum atomic E-state index is 13.5. The first-order valence-electron chi connectivity index (χ1n) is 6.91. The summed E-state index contributed by atoms with van der Waals surface area (Å²) in [6, 6.07) is 9.52. The fraction of sp³-hybridized carbons (Fsp3) is 0.176. The Balaban J connectivity index is 2.01. The second-order valence-corrected chi connectivity index (χ2v) is 4.98. The van der Waals surface area contributed by atoms with Gasteiger partial charge in [-0.2, -0.15) is 0 Å². The van der Waals surface area contributed by atoms with Crippen LogP contribution in [0.5, 0.6) is 0 Å². The van der Waals surface area contributed by atoms with Crippen LogP contribution in [0.15, 0.2) is 42.5 Å². The molecule has 2 aromatic rings. The Kier molecular flexibility index (Phi) is 5.05. The summed E-state index contributed by atoms with van der Waals surface area (Å²) in [5.41, 5.74) is 0.433. The standard InChI is InChI=1S/C17H15F2NO3/c1-10-7-8-12(9-15(10)19)20-16(21)11(2)23-17(22)13-5-3-4-6-14(13)18/h3-9,11H,1-2H3,(H,20,21)/t11-/m0/s1. The van der Waals surface area contributed by atoms with Crippen molar-refractivity contribution in [1.82, 2.24) is 0 Å². The molecular formula is C17H15F2NO3. The van der Waals surface area contributed by atoms with Crippen LogP contribution in [0.25, 0.3) is 0 Å². The molecule has 0 heterocycles. The zero-order chi connectivity index (χ0) is 17.0. The van der Waals surface area contributed by atoms with E-state index in [1.165, 1.54) is 43.3 Å². The molecule has 2 rings (SSSR count). The van der Waals surface area contributed by atoms with Gasteiger partial charge >= 0.3 is 5.97 Å². The molecule has 120 valence electrons. The van der Waals surface area contributed by atoms with Gasteiger partial charge in [0.1, 0.15) is 11.6 Å². The first-order valence-corrected chi connectivity index (χ1v) is 6.91. The van der Waals surface area contributed by atoms with Gasteiger partial charge in [-0.3, -0.25) is 4.79 Å². The van der Waals surface area contributed by atoms with Gasteiger partial charge in [-0.25, -0.2) is 13.6 Å². The number of aryl methyl sites for hydroxylation is 1. The van der Waals surface area contributed by atoms with E-state index in [4.69, 9.17) is 4.74 Å². The topological polar surface area (TPSA) is 55.4 Å². The molecule has 0 spiro atoms. The number of nitrogens with one attached hydrogen (secondary N) is 1. The van der Waals surface area contributed by atoms with E-state index >= 15 is 0 Å². The van der Waals surface area contributed by atoms with E-state index in [2.05, 4.69) is 5.32 Å². The second-order valence-electron chi connectivity index (χ2n) is 4.98. The summed E-state index contributed by atoms with van der Waals surface area (Å²) in [7, 11) is 0. The van der Waals surface area contributed by atoms with E-state index in [0.717, 1.165) is 6.07 Å². The van der Waals surface area contributed by atoms with Crippen molar-refractivity contribution >= 4 is 17.6 Å². The van der Waals surface area contributed by atoms with Crippen LogP contribution in [-0.2, 0) is 9.53 Å². The molecule has 2 aromatic carbocycles. The number of esters is 1. The number of hydrogen-bond acceptors (Lipinski definition) is 3. The molecule has 4 nitrogen and oxygen atoms in total. The van der Waals surface area contributed by atoms with E-state index in [0.29, 0.717) is 5.56 Å². The third kappa shape index (κ3) is 4.12. The summed E-state index contributed by atoms with van der Waals surface area (Å²) in [5.74, 6) is -2.77. The minimum atomic E-state index is -1.16. The van der Waals surface area contributed by atoms with E-state index < -0.39 is 29.6 Å². The number of carbonyl (C=O) groups is 2. The summed E-state index contributed by atoms with van der Waals surface area (Å²) >= 11 is 0. The Morgan fingerprint density at radius 1 is 1.09 bits per heavy atom. The van der Waals surface area contributed by atoms with Crippen molar-refractivity contribution in [3.05, 3.63) is 65.2 Å². The van der Waals surface area contributed by atoms with E-state index in [-0.39, 0.29) is 11.3 Å². The molecule has 0 unspecified atom stereocenters. The quantitative estimate of drug-likeness (QED) is 0.878. The number of halogens is 2. The normalized spacial score (nSPS) is 11.7. The van der Waals surface area contributed by atoms with E-state index in [1.54, 1.807) is 6.92 Å². The van der Waals surface area contributed by atoms with Crippen molar-refractivity contribution in [2.24, 2.45) is 0 Å². The number of rotatable bonds is 4. The second kappa shape index (κ2) is 7.00. The van der Waals surface area contributed by atoms with Crippen LogP contribution >= 0.6 is 0 Å². The van der Waals surface area contributed by atoms with Crippen LogP contribution in [0.3, 0.4) is 0 Å². The lowest BCUT2D eigenvalue weighted by Crippen LogP contribution is -2.30. The lowest BCUT2D eigenvalue weighted by atomic mass is 10.2. The van der Waals surface area contributed by atoms with Crippen LogP contribution < -0.4 is 5.32 Å². The predicted molar refractivity (Wildman–Crippen MR) is 81.0 cm³/mol. The Morgan fingerprint density at radius 3 is 2.43 bits per heavy atom. The number of carbonyl (C=O) groups excluding carboxylic acids is 2. The number of benzene rings is 2. The third-order valence-electron chi connectivity index (χ3n) is 3.19. The highest BCUT2D eigenvalue weighted by Gasteiger charge is 2.21. The number of hydrogen-bond donors (Lipinski definition) is 1. The van der Waals surface area contributed by atoms with E-state index in [9.17, 15) is 18.4 Å². The molecule has 1 amide bonds. The molecule has 0 radical (unpaired) electrons. The highest BCUT2D eigenvalue weighted by atomic mass is 19.1. The maximum absolute atomic E-state index is 13.5. The average Bonchev–Trinajstić information content (AvgIpc) is 2.51. The van der Waals surface area contributed by atoms with Gasteiger partial charge in [0.15, 0.2) is 6.10 Å². The molecule has 0 saturated heterocycles. The minimum Gasteiger partial charge on any atom is -0.449 e. The van der Waals surface area contributed by atoms with Crippen LogP contribution in [0, 0.1) is 18.6 Å². The molecule has 6 heteroatoms. The van der Waals surface area contributed by atoms with Crippen molar-refractivity contribution in [3.63, 3.8) is 0 Å². The Morgan fingerprint density at radius 2 is 1.78 bits per heavy atom. The Bertz CT molecular complexity index is 746. The van der Waals surface area contributed by atoms with Crippen molar-refractivity contribution < 1.29 is 23.1 Å². The smallest absolute Gasteiger partial charge is 0.341 e. The van der Waals surface area contributed by atoms with Gasteiger partial charge in [0.2, 0.25) is 0 Å². The fourth-order valence-electron chi connectivity index (χ4n) is 1.82. The molecule has 0 saturated carbocycles. The zero-order valence-corrected chi connectivity index (χ0v) is 12.6. The largest absolute Gasteiger partial charge is 0.449 e. The Labute approximate surface area is 132 Å². The molecule has 0 bridgehead atoms. The number of ether oxygens (including phenoxy) is 1. The highest BCUT2D eigenvalue weighted by Crippen LogP contribution is 2.15. The third-order valence-corrected chi connectivity index (χ3v) is 3.19. The summed E-state index contributed by atoms with van der Waals surface area (Å²) in [5, 5.41) is 2.43. The van der Waals surface area contributed by atoms with Crippen molar-refractivity contribution in [2.45, 2.75) is 20.0 Å². The summed E-state index contributed by atoms with van der Waals surface area (Å²) < 4.78 is 31.8. The first kappa shape index (κ1) is 16.6. The molecule has 0 aliphatic rings. The highest BCUT2D eigenvalue weighted by molar-refractivity contribution is 5.97. The molecule has 0 fully saturated rings. The molecule has 0 aliphatic heterocycles. The van der Waals surface area contributed by atoms with Crippen LogP contribution in [0.4, 0.5) is 14.5 Å². The van der Waals surface area contributed by atoms with E-state index in [1.807, 2.05) is 0 Å². The van der Waals surface area contributed by atoms with Crippen LogP contribution in [0.1, 0.15) is 22.8 Å². The van der Waals surface area contributed by atoms with Crippen LogP contribution in [-0.4, -0.2) is 18.0 Å². The molecule has 1 N–H and O–H groups in total. The van der Waals surface area contributed by atoms with Gasteiger partial charge in [0.25, 0.3) is 5.91 Å². The lowest BCUT2D eigenvalue weighted by Gasteiger charge is -2.14. The average molecular weight is 319 g/mol. The summed E-state index contributed by atoms with van der Waals surface area (Å²) in [6.07, 6.45) is -1.16. The SMILES string of the molecule is Cc1ccc(NC(=O)[C@H](C)OC(=O)c2ccccc2F)cc1F. The first-order chi connectivity index (χ1) is 10.9. The Hall–Kier alpha value is -2.76. The van der Waals surface area contributed by atoms with Gasteiger partial charge in [0, 0.05) is 5.69 Å². The van der Waals surface area contributed by atoms with Gasteiger partial charge in [-0.1, -0.05) is 18.2 Å². The van der Waals surface area contributed by atoms with Crippen molar-refractivity contribution in [1.29, 1.82) is 0 Å². The minimum absolute atomic E-state index is 0.242. The zero-order valence-electron chi connectivity index (χ0n) is 12.6. The van der Waals surface area contributed by atoms with Gasteiger partial charge in [-0.15, -0.1) is 0 Å². The fourth-order valence-corrected chi connectivity index (χ4v) is 1.82. The monoisotopic (exact) mass is 319 g/mol. The van der Waals surface area contributed by atoms with Gasteiger partial charge in [0.05, 0.1) is 5.56 Å². The predicted octanol–water partition coefficient (Wildman–Crippen LogP) is 3.46. The molecule has 23 heavy (non-hydrogen) atoms. The van der Waals surface area contributed by atoms with Gasteiger partial charge in [-0.05, 0) is 43.7 Å². The van der Waals surface area contributed by atoms with Crippen LogP contribution in [0.2, 0.25) is 0 Å².